The number of piperidine rings is 1. The number of carbonyl (C=O) groups is 2. The molecule has 6 nitrogen and oxygen atoms in total. The second-order valence-electron chi connectivity index (χ2n) is 10.2. The van der Waals surface area contributed by atoms with Gasteiger partial charge in [0.2, 0.25) is 11.8 Å². The molecule has 7 heteroatoms. The van der Waals surface area contributed by atoms with Crippen molar-refractivity contribution in [1.82, 2.24) is 14.7 Å². The lowest BCUT2D eigenvalue weighted by Crippen LogP contribution is -2.54. The highest BCUT2D eigenvalue weighted by molar-refractivity contribution is 5.82. The van der Waals surface area contributed by atoms with Gasteiger partial charge in [0.1, 0.15) is 11.6 Å². The number of benzene rings is 1. The smallest absolute Gasteiger partial charge is 0.227 e. The van der Waals surface area contributed by atoms with Crippen LogP contribution in [0.5, 0.6) is 5.75 Å². The van der Waals surface area contributed by atoms with Crippen molar-refractivity contribution in [3.05, 3.63) is 30.1 Å². The average molecular weight is 434 g/mol. The van der Waals surface area contributed by atoms with Crippen LogP contribution in [0.25, 0.3) is 0 Å². The molecular weight excluding hydrogens is 397 g/mol. The number of piperazine rings is 1. The molecule has 2 aliphatic rings. The molecule has 1 atom stereocenters. The zero-order valence-corrected chi connectivity index (χ0v) is 19.3. The van der Waals surface area contributed by atoms with E-state index in [4.69, 9.17) is 4.74 Å². The summed E-state index contributed by atoms with van der Waals surface area (Å²) in [7, 11) is 2.07. The Hall–Kier alpha value is -2.15. The maximum absolute atomic E-state index is 13.3. The van der Waals surface area contributed by atoms with Gasteiger partial charge in [-0.25, -0.2) is 4.39 Å². The van der Waals surface area contributed by atoms with E-state index in [0.29, 0.717) is 31.9 Å². The number of hydrogen-bond acceptors (Lipinski definition) is 4. The highest BCUT2D eigenvalue weighted by Crippen LogP contribution is 2.37. The Morgan fingerprint density at radius 2 is 1.68 bits per heavy atom. The molecule has 0 unspecified atom stereocenters. The first-order valence-corrected chi connectivity index (χ1v) is 11.2. The zero-order valence-electron chi connectivity index (χ0n) is 19.3. The monoisotopic (exact) mass is 433 g/mol. The maximum atomic E-state index is 13.3. The molecule has 0 bridgehead atoms. The Morgan fingerprint density at radius 3 is 2.29 bits per heavy atom. The van der Waals surface area contributed by atoms with E-state index in [2.05, 4.69) is 11.9 Å². The van der Waals surface area contributed by atoms with Crippen molar-refractivity contribution in [3.63, 3.8) is 0 Å². The molecule has 2 saturated heterocycles. The summed E-state index contributed by atoms with van der Waals surface area (Å²) in [5.74, 6) is 0.491. The lowest BCUT2D eigenvalue weighted by atomic mass is 9.76. The number of halogens is 1. The van der Waals surface area contributed by atoms with E-state index in [-0.39, 0.29) is 17.6 Å². The summed E-state index contributed by atoms with van der Waals surface area (Å²) in [6, 6.07) is 5.94. The molecule has 31 heavy (non-hydrogen) atoms. The predicted molar refractivity (Wildman–Crippen MR) is 118 cm³/mol. The highest BCUT2D eigenvalue weighted by Gasteiger charge is 2.42. The van der Waals surface area contributed by atoms with Crippen molar-refractivity contribution < 1.29 is 18.7 Å². The number of likely N-dealkylation sites (tertiary alicyclic amines) is 1. The number of hydrogen-bond donors (Lipinski definition) is 0. The van der Waals surface area contributed by atoms with E-state index in [0.717, 1.165) is 39.0 Å². The van der Waals surface area contributed by atoms with Gasteiger partial charge in [-0.3, -0.25) is 9.59 Å². The summed E-state index contributed by atoms with van der Waals surface area (Å²) in [6.07, 6.45) is 2.01. The number of likely N-dealkylation sites (N-methyl/N-ethyl adjacent to an activating group) is 1. The summed E-state index contributed by atoms with van der Waals surface area (Å²) in [6.45, 7) is 10.5. The van der Waals surface area contributed by atoms with Gasteiger partial charge in [0.15, 0.2) is 0 Å². The summed E-state index contributed by atoms with van der Waals surface area (Å²) in [5.41, 5.74) is -0.920. The van der Waals surface area contributed by atoms with Crippen LogP contribution in [0.1, 0.15) is 40.0 Å². The van der Waals surface area contributed by atoms with Gasteiger partial charge >= 0.3 is 0 Å². The zero-order chi connectivity index (χ0) is 22.6. The third kappa shape index (κ3) is 6.19. The van der Waals surface area contributed by atoms with E-state index in [1.165, 1.54) is 12.1 Å². The molecule has 3 rings (SSSR count). The Balaban J connectivity index is 1.76. The highest BCUT2D eigenvalue weighted by atomic mass is 19.1. The normalized spacial score (nSPS) is 23.0. The van der Waals surface area contributed by atoms with Gasteiger partial charge in [0.05, 0.1) is 6.61 Å². The van der Waals surface area contributed by atoms with Crippen molar-refractivity contribution in [3.8, 4) is 5.75 Å². The minimum absolute atomic E-state index is 0.102. The Labute approximate surface area is 185 Å². The average Bonchev–Trinajstić information content (AvgIpc) is 2.73. The van der Waals surface area contributed by atoms with Crippen LogP contribution in [-0.2, 0) is 9.59 Å². The van der Waals surface area contributed by atoms with Crippen LogP contribution >= 0.6 is 0 Å². The summed E-state index contributed by atoms with van der Waals surface area (Å²) < 4.78 is 19.3. The SMILES string of the molecule is CN1CCN(C(=O)C[C@@]2(COc3ccc(F)cc3)CCCN(C(=O)C(C)(C)C)C2)CC1. The van der Waals surface area contributed by atoms with Gasteiger partial charge in [0.25, 0.3) is 0 Å². The third-order valence-electron chi connectivity index (χ3n) is 6.33. The third-order valence-corrected chi connectivity index (χ3v) is 6.33. The fraction of sp³-hybridized carbons (Fsp3) is 0.667. The molecule has 2 heterocycles. The van der Waals surface area contributed by atoms with Crippen molar-refractivity contribution in [2.24, 2.45) is 10.8 Å². The molecule has 0 aromatic heterocycles. The van der Waals surface area contributed by atoms with E-state index in [9.17, 15) is 14.0 Å². The van der Waals surface area contributed by atoms with Gasteiger partial charge in [-0.15, -0.1) is 0 Å². The van der Waals surface area contributed by atoms with E-state index in [1.807, 2.05) is 30.6 Å². The van der Waals surface area contributed by atoms with Crippen LogP contribution in [0.4, 0.5) is 4.39 Å². The van der Waals surface area contributed by atoms with Crippen molar-refractivity contribution in [2.45, 2.75) is 40.0 Å². The minimum Gasteiger partial charge on any atom is -0.493 e. The standard InChI is InChI=1S/C24H36FN3O3/c1-23(2,3)22(30)28-11-5-10-24(17-28,18-31-20-8-6-19(25)7-9-20)16-21(29)27-14-12-26(4)13-15-27/h6-9H,5,10-18H2,1-4H3/t24-/m0/s1. The fourth-order valence-electron chi connectivity index (χ4n) is 4.42. The number of amides is 2. The first-order chi connectivity index (χ1) is 14.6. The molecule has 172 valence electrons. The van der Waals surface area contributed by atoms with Crippen molar-refractivity contribution in [2.75, 3.05) is 52.9 Å². The van der Waals surface area contributed by atoms with Gasteiger partial charge in [0, 0.05) is 56.5 Å². The fourth-order valence-corrected chi connectivity index (χ4v) is 4.42. The summed E-state index contributed by atoms with van der Waals surface area (Å²) in [4.78, 5) is 32.2. The van der Waals surface area contributed by atoms with Crippen LogP contribution in [-0.4, -0.2) is 79.4 Å². The predicted octanol–water partition coefficient (Wildman–Crippen LogP) is 3.02. The van der Waals surface area contributed by atoms with Gasteiger partial charge in [-0.05, 0) is 44.2 Å². The van der Waals surface area contributed by atoms with Gasteiger partial charge in [-0.2, -0.15) is 0 Å². The molecule has 0 aliphatic carbocycles. The summed E-state index contributed by atoms with van der Waals surface area (Å²) in [5, 5.41) is 0. The molecule has 0 saturated carbocycles. The maximum Gasteiger partial charge on any atom is 0.227 e. The van der Waals surface area contributed by atoms with E-state index >= 15 is 0 Å². The molecule has 2 fully saturated rings. The molecule has 0 spiro atoms. The Bertz CT molecular complexity index is 769. The molecule has 1 aromatic rings. The molecule has 0 N–H and O–H groups in total. The molecule has 1 aromatic carbocycles. The number of nitrogens with zero attached hydrogens (tertiary/aromatic N) is 3. The van der Waals surface area contributed by atoms with Crippen LogP contribution in [0.15, 0.2) is 24.3 Å². The Morgan fingerprint density at radius 1 is 1.03 bits per heavy atom. The summed E-state index contributed by atoms with van der Waals surface area (Å²) >= 11 is 0. The van der Waals surface area contributed by atoms with Crippen LogP contribution in [0.2, 0.25) is 0 Å². The molecular formula is C24H36FN3O3. The number of ether oxygens (including phenoxy) is 1. The van der Waals surface area contributed by atoms with Crippen molar-refractivity contribution >= 4 is 11.8 Å². The lowest BCUT2D eigenvalue weighted by Gasteiger charge is -2.45. The van der Waals surface area contributed by atoms with Crippen LogP contribution in [0.3, 0.4) is 0 Å². The van der Waals surface area contributed by atoms with Gasteiger partial charge in [-0.1, -0.05) is 20.8 Å². The van der Waals surface area contributed by atoms with Crippen LogP contribution < -0.4 is 4.74 Å². The molecule has 0 radical (unpaired) electrons. The minimum atomic E-state index is -0.470. The van der Waals surface area contributed by atoms with Gasteiger partial charge < -0.3 is 19.4 Å². The topological polar surface area (TPSA) is 53.1 Å². The first kappa shape index (κ1) is 23.5. The quantitative estimate of drug-likeness (QED) is 0.716. The lowest BCUT2D eigenvalue weighted by molar-refractivity contribution is -0.147. The van der Waals surface area contributed by atoms with Crippen molar-refractivity contribution in [1.29, 1.82) is 0 Å². The first-order valence-electron chi connectivity index (χ1n) is 11.2. The van der Waals surface area contributed by atoms with E-state index in [1.54, 1.807) is 12.1 Å². The second kappa shape index (κ2) is 9.55. The molecule has 2 aliphatic heterocycles. The number of carbonyl (C=O) groups excluding carboxylic acids is 2. The second-order valence-corrected chi connectivity index (χ2v) is 10.2. The largest absolute Gasteiger partial charge is 0.493 e. The van der Waals surface area contributed by atoms with Crippen LogP contribution in [0, 0.1) is 16.6 Å². The molecule has 2 amide bonds. The van der Waals surface area contributed by atoms with E-state index < -0.39 is 10.8 Å². The Kier molecular flexibility index (Phi) is 7.24. The number of rotatable bonds is 5.